The smallest absolute Gasteiger partial charge is 0.0362 e. The quantitative estimate of drug-likeness (QED) is 0.594. The van der Waals surface area contributed by atoms with Gasteiger partial charge in [0, 0.05) is 12.2 Å². The van der Waals surface area contributed by atoms with Gasteiger partial charge < -0.3 is 11.5 Å². The molecule has 0 unspecified atom stereocenters. The van der Waals surface area contributed by atoms with Crippen LogP contribution in [-0.2, 0) is 6.54 Å². The van der Waals surface area contributed by atoms with Crippen LogP contribution in [0.4, 0.5) is 5.69 Å². The van der Waals surface area contributed by atoms with E-state index < -0.39 is 0 Å². The van der Waals surface area contributed by atoms with Gasteiger partial charge in [0.1, 0.15) is 0 Å². The molecule has 0 spiro atoms. The van der Waals surface area contributed by atoms with E-state index in [2.05, 4.69) is 6.92 Å². The van der Waals surface area contributed by atoms with E-state index in [1.807, 2.05) is 19.1 Å². The Morgan fingerprint density at radius 2 is 1.73 bits per heavy atom. The lowest BCUT2D eigenvalue weighted by Crippen LogP contribution is -2.02. The molecule has 4 N–H and O–H groups in total. The van der Waals surface area contributed by atoms with Crippen LogP contribution in [-0.4, -0.2) is 0 Å². The van der Waals surface area contributed by atoms with Gasteiger partial charge in [0.15, 0.2) is 0 Å². The van der Waals surface area contributed by atoms with Gasteiger partial charge in [-0.05, 0) is 36.6 Å². The number of nitrogen functional groups attached to an aromatic ring is 1. The molecule has 0 fully saturated rings. The van der Waals surface area contributed by atoms with Crippen molar-refractivity contribution in [2.24, 2.45) is 5.73 Å². The molecule has 11 heavy (non-hydrogen) atoms. The minimum atomic E-state index is 0.521. The third-order valence-corrected chi connectivity index (χ3v) is 1.98. The van der Waals surface area contributed by atoms with E-state index in [1.165, 1.54) is 11.1 Å². The Bertz CT molecular complexity index is 267. The van der Waals surface area contributed by atoms with E-state index in [9.17, 15) is 0 Å². The molecule has 0 aliphatic heterocycles. The topological polar surface area (TPSA) is 52.0 Å². The first kappa shape index (κ1) is 8.08. The largest absolute Gasteiger partial charge is 0.398 e. The predicted molar refractivity (Wildman–Crippen MR) is 48.2 cm³/mol. The van der Waals surface area contributed by atoms with Gasteiger partial charge in [-0.3, -0.25) is 0 Å². The predicted octanol–water partition coefficient (Wildman–Crippen LogP) is 1.34. The number of nitrogens with two attached hydrogens (primary N) is 2. The van der Waals surface area contributed by atoms with Crippen molar-refractivity contribution in [1.82, 2.24) is 0 Å². The van der Waals surface area contributed by atoms with Gasteiger partial charge in [0.2, 0.25) is 0 Å². The van der Waals surface area contributed by atoms with Crippen molar-refractivity contribution in [3.8, 4) is 0 Å². The molecule has 0 aliphatic carbocycles. The lowest BCUT2D eigenvalue weighted by Gasteiger charge is -2.06. The van der Waals surface area contributed by atoms with Crippen LogP contribution in [0.5, 0.6) is 0 Å². The maximum atomic E-state index is 5.72. The molecule has 0 amide bonds. The van der Waals surface area contributed by atoms with E-state index in [4.69, 9.17) is 11.5 Å². The fourth-order valence-corrected chi connectivity index (χ4v) is 1.08. The highest BCUT2D eigenvalue weighted by atomic mass is 14.6. The molecule has 1 rings (SSSR count). The summed E-state index contributed by atoms with van der Waals surface area (Å²) in [4.78, 5) is 0. The molecule has 1 aromatic carbocycles. The summed E-state index contributed by atoms with van der Waals surface area (Å²) in [5.74, 6) is 0. The Balaban J connectivity index is 3.21. The molecule has 1 aromatic rings. The van der Waals surface area contributed by atoms with Crippen LogP contribution in [0, 0.1) is 13.8 Å². The SMILES string of the molecule is Cc1cc(N)c(CN)cc1C. The van der Waals surface area contributed by atoms with Gasteiger partial charge in [-0.1, -0.05) is 6.07 Å². The van der Waals surface area contributed by atoms with Gasteiger partial charge >= 0.3 is 0 Å². The first-order valence-electron chi connectivity index (χ1n) is 3.71. The summed E-state index contributed by atoms with van der Waals surface area (Å²) in [6.07, 6.45) is 0. The molecule has 0 saturated carbocycles. The van der Waals surface area contributed by atoms with Crippen molar-refractivity contribution in [3.63, 3.8) is 0 Å². The Morgan fingerprint density at radius 1 is 1.18 bits per heavy atom. The fourth-order valence-electron chi connectivity index (χ4n) is 1.08. The van der Waals surface area contributed by atoms with Crippen LogP contribution < -0.4 is 11.5 Å². The van der Waals surface area contributed by atoms with Gasteiger partial charge in [0.25, 0.3) is 0 Å². The van der Waals surface area contributed by atoms with Gasteiger partial charge in [0.05, 0.1) is 0 Å². The normalized spacial score (nSPS) is 10.1. The number of rotatable bonds is 1. The minimum absolute atomic E-state index is 0.521. The van der Waals surface area contributed by atoms with Crippen molar-refractivity contribution in [3.05, 3.63) is 28.8 Å². The summed E-state index contributed by atoms with van der Waals surface area (Å²) >= 11 is 0. The maximum Gasteiger partial charge on any atom is 0.0362 e. The molecular weight excluding hydrogens is 136 g/mol. The standard InChI is InChI=1S/C9H14N2/c1-6-3-8(5-10)9(11)4-7(6)2/h3-4H,5,10-11H2,1-2H3. The summed E-state index contributed by atoms with van der Waals surface area (Å²) in [5.41, 5.74) is 15.5. The van der Waals surface area contributed by atoms with Crippen LogP contribution in [0.25, 0.3) is 0 Å². The monoisotopic (exact) mass is 150 g/mol. The molecule has 0 aromatic heterocycles. The number of aryl methyl sites for hydroxylation is 2. The molecular formula is C9H14N2. The fraction of sp³-hybridized carbons (Fsp3) is 0.333. The summed E-state index contributed by atoms with van der Waals surface area (Å²) in [7, 11) is 0. The lowest BCUT2D eigenvalue weighted by atomic mass is 10.0. The molecule has 60 valence electrons. The van der Waals surface area contributed by atoms with Crippen LogP contribution in [0.2, 0.25) is 0 Å². The van der Waals surface area contributed by atoms with Gasteiger partial charge in [-0.25, -0.2) is 0 Å². The zero-order valence-electron chi connectivity index (χ0n) is 7.02. The average Bonchev–Trinajstić information content (AvgIpc) is 1.97. The third-order valence-electron chi connectivity index (χ3n) is 1.98. The van der Waals surface area contributed by atoms with E-state index in [-0.39, 0.29) is 0 Å². The van der Waals surface area contributed by atoms with Crippen LogP contribution >= 0.6 is 0 Å². The first-order chi connectivity index (χ1) is 5.15. The van der Waals surface area contributed by atoms with Crippen LogP contribution in [0.3, 0.4) is 0 Å². The van der Waals surface area contributed by atoms with Crippen LogP contribution in [0.15, 0.2) is 12.1 Å². The van der Waals surface area contributed by atoms with Crippen molar-refractivity contribution in [2.45, 2.75) is 20.4 Å². The van der Waals surface area contributed by atoms with Crippen molar-refractivity contribution in [2.75, 3.05) is 5.73 Å². The summed E-state index contributed by atoms with van der Waals surface area (Å²) in [5, 5.41) is 0. The van der Waals surface area contributed by atoms with E-state index >= 15 is 0 Å². The van der Waals surface area contributed by atoms with E-state index in [0.29, 0.717) is 6.54 Å². The van der Waals surface area contributed by atoms with Crippen LogP contribution in [0.1, 0.15) is 16.7 Å². The average molecular weight is 150 g/mol. The Labute approximate surface area is 67.2 Å². The van der Waals surface area contributed by atoms with Crippen molar-refractivity contribution in [1.29, 1.82) is 0 Å². The lowest BCUT2D eigenvalue weighted by molar-refractivity contribution is 1.07. The Kier molecular flexibility index (Phi) is 2.15. The Hall–Kier alpha value is -1.02. The highest BCUT2D eigenvalue weighted by molar-refractivity contribution is 5.51. The van der Waals surface area contributed by atoms with Crippen molar-refractivity contribution < 1.29 is 0 Å². The summed E-state index contributed by atoms with van der Waals surface area (Å²) in [6.45, 7) is 4.63. The molecule has 0 heterocycles. The van der Waals surface area contributed by atoms with Gasteiger partial charge in [-0.2, -0.15) is 0 Å². The zero-order chi connectivity index (χ0) is 8.43. The molecule has 2 heteroatoms. The van der Waals surface area contributed by atoms with Crippen molar-refractivity contribution >= 4 is 5.69 Å². The van der Waals surface area contributed by atoms with E-state index in [0.717, 1.165) is 11.3 Å². The molecule has 0 bridgehead atoms. The second-order valence-electron chi connectivity index (χ2n) is 2.84. The van der Waals surface area contributed by atoms with Gasteiger partial charge in [-0.15, -0.1) is 0 Å². The summed E-state index contributed by atoms with van der Waals surface area (Å²) < 4.78 is 0. The summed E-state index contributed by atoms with van der Waals surface area (Å²) in [6, 6.07) is 4.02. The second-order valence-corrected chi connectivity index (χ2v) is 2.84. The zero-order valence-corrected chi connectivity index (χ0v) is 7.02. The highest BCUT2D eigenvalue weighted by Gasteiger charge is 1.99. The molecule has 0 radical (unpaired) electrons. The number of benzene rings is 1. The molecule has 2 nitrogen and oxygen atoms in total. The number of anilines is 1. The second kappa shape index (κ2) is 2.93. The highest BCUT2D eigenvalue weighted by Crippen LogP contribution is 2.16. The molecule has 0 atom stereocenters. The number of hydrogen-bond donors (Lipinski definition) is 2. The molecule has 0 aliphatic rings. The number of hydrogen-bond acceptors (Lipinski definition) is 2. The first-order valence-corrected chi connectivity index (χ1v) is 3.71. The minimum Gasteiger partial charge on any atom is -0.398 e. The maximum absolute atomic E-state index is 5.72. The Morgan fingerprint density at radius 3 is 2.27 bits per heavy atom. The third kappa shape index (κ3) is 1.52. The van der Waals surface area contributed by atoms with E-state index in [1.54, 1.807) is 0 Å². The molecule has 0 saturated heterocycles.